The van der Waals surface area contributed by atoms with Gasteiger partial charge in [0.05, 0.1) is 28.8 Å². The maximum Gasteiger partial charge on any atom is 0.243 e. The van der Waals surface area contributed by atoms with Crippen molar-refractivity contribution < 1.29 is 17.9 Å². The third-order valence-corrected chi connectivity index (χ3v) is 6.15. The first kappa shape index (κ1) is 21.2. The molecule has 2 rings (SSSR count). The second-order valence-corrected chi connectivity index (χ2v) is 8.16. The monoisotopic (exact) mass is 410 g/mol. The van der Waals surface area contributed by atoms with Gasteiger partial charge >= 0.3 is 0 Å². The molecule has 0 saturated carbocycles. The molecule has 0 fully saturated rings. The lowest BCUT2D eigenvalue weighted by Gasteiger charge is -2.21. The third kappa shape index (κ3) is 5.22. The van der Waals surface area contributed by atoms with Crippen LogP contribution in [-0.4, -0.2) is 38.3 Å². The summed E-state index contributed by atoms with van der Waals surface area (Å²) in [5.41, 5.74) is 1.16. The minimum absolute atomic E-state index is 0.121. The van der Waals surface area contributed by atoms with Gasteiger partial charge in [0, 0.05) is 6.54 Å². The molecule has 0 saturated heterocycles. The summed E-state index contributed by atoms with van der Waals surface area (Å²) >= 11 is 6.02. The number of hydrogen-bond acceptors (Lipinski definition) is 4. The average molecular weight is 411 g/mol. The molecule has 0 unspecified atom stereocenters. The van der Waals surface area contributed by atoms with Crippen LogP contribution in [0.1, 0.15) is 19.4 Å². The predicted molar refractivity (Wildman–Crippen MR) is 107 cm³/mol. The van der Waals surface area contributed by atoms with E-state index in [1.165, 1.54) is 6.07 Å². The van der Waals surface area contributed by atoms with Crippen LogP contribution in [0.4, 0.5) is 5.69 Å². The summed E-state index contributed by atoms with van der Waals surface area (Å²) < 4.78 is 32.4. The highest BCUT2D eigenvalue weighted by Gasteiger charge is 2.26. The lowest BCUT2D eigenvalue weighted by molar-refractivity contribution is -0.116. The molecule has 0 atom stereocenters. The molecule has 1 N–H and O–H groups in total. The summed E-state index contributed by atoms with van der Waals surface area (Å²) in [7, 11) is -3.82. The molecular formula is C19H23ClN2O4S. The minimum Gasteiger partial charge on any atom is -0.494 e. The van der Waals surface area contributed by atoms with Crippen molar-refractivity contribution in [1.29, 1.82) is 0 Å². The molecule has 8 heteroatoms. The van der Waals surface area contributed by atoms with Gasteiger partial charge in [-0.1, -0.05) is 30.7 Å². The van der Waals surface area contributed by atoms with Crippen LogP contribution >= 0.6 is 11.6 Å². The summed E-state index contributed by atoms with van der Waals surface area (Å²) in [6, 6.07) is 11.4. The number of aryl methyl sites for hydroxylation is 1. The minimum atomic E-state index is -3.82. The Hall–Kier alpha value is -2.09. The van der Waals surface area contributed by atoms with Crippen molar-refractivity contribution in [3.63, 3.8) is 0 Å². The maximum absolute atomic E-state index is 12.9. The second-order valence-electron chi connectivity index (χ2n) is 5.82. The normalized spacial score (nSPS) is 11.4. The first-order valence-corrected chi connectivity index (χ1v) is 10.4. The molecule has 1 amide bonds. The van der Waals surface area contributed by atoms with Crippen molar-refractivity contribution in [2.45, 2.75) is 25.7 Å². The van der Waals surface area contributed by atoms with Crippen LogP contribution in [0.5, 0.6) is 5.75 Å². The number of sulfonamides is 1. The Kier molecular flexibility index (Phi) is 7.24. The number of benzene rings is 2. The number of para-hydroxylation sites is 1. The molecule has 146 valence electrons. The van der Waals surface area contributed by atoms with E-state index in [9.17, 15) is 13.2 Å². The van der Waals surface area contributed by atoms with Crippen molar-refractivity contribution in [3.05, 3.63) is 53.1 Å². The first-order valence-electron chi connectivity index (χ1n) is 8.57. The molecule has 0 aromatic heterocycles. The van der Waals surface area contributed by atoms with E-state index in [-0.39, 0.29) is 18.0 Å². The number of nitrogens with zero attached hydrogens (tertiary/aromatic N) is 1. The standard InChI is InChI=1S/C19H23ClN2O4S/c1-4-22(13-19(23)21-17-9-7-6-8-16(17)20)27(24,25)15-10-11-18(26-5-2)14(3)12-15/h6-12H,4-5,13H2,1-3H3,(H,21,23). The zero-order valence-electron chi connectivity index (χ0n) is 15.5. The smallest absolute Gasteiger partial charge is 0.243 e. The van der Waals surface area contributed by atoms with E-state index in [2.05, 4.69) is 5.32 Å². The second kappa shape index (κ2) is 9.21. The van der Waals surface area contributed by atoms with Gasteiger partial charge in [0.1, 0.15) is 5.75 Å². The number of hydrogen-bond donors (Lipinski definition) is 1. The zero-order valence-corrected chi connectivity index (χ0v) is 17.1. The topological polar surface area (TPSA) is 75.7 Å². The fraction of sp³-hybridized carbons (Fsp3) is 0.316. The number of anilines is 1. The highest BCUT2D eigenvalue weighted by Crippen LogP contribution is 2.24. The number of nitrogens with one attached hydrogen (secondary N) is 1. The van der Waals surface area contributed by atoms with Gasteiger partial charge in [0.2, 0.25) is 15.9 Å². The van der Waals surface area contributed by atoms with E-state index in [1.807, 2.05) is 6.92 Å². The lowest BCUT2D eigenvalue weighted by atomic mass is 10.2. The highest BCUT2D eigenvalue weighted by atomic mass is 35.5. The first-order chi connectivity index (χ1) is 12.8. The van der Waals surface area contributed by atoms with Crippen molar-refractivity contribution in [3.8, 4) is 5.75 Å². The van der Waals surface area contributed by atoms with Gasteiger partial charge < -0.3 is 10.1 Å². The maximum atomic E-state index is 12.9. The van der Waals surface area contributed by atoms with Crippen LogP contribution in [0.3, 0.4) is 0 Å². The van der Waals surface area contributed by atoms with E-state index in [4.69, 9.17) is 16.3 Å². The molecular weight excluding hydrogens is 388 g/mol. The largest absolute Gasteiger partial charge is 0.494 e. The molecule has 2 aromatic rings. The van der Waals surface area contributed by atoms with E-state index in [0.29, 0.717) is 23.1 Å². The average Bonchev–Trinajstić information content (AvgIpc) is 2.63. The van der Waals surface area contributed by atoms with Gasteiger partial charge in [0.15, 0.2) is 0 Å². The summed E-state index contributed by atoms with van der Waals surface area (Å²) in [6.07, 6.45) is 0. The summed E-state index contributed by atoms with van der Waals surface area (Å²) in [4.78, 5) is 12.4. The van der Waals surface area contributed by atoms with Gasteiger partial charge in [-0.2, -0.15) is 4.31 Å². The highest BCUT2D eigenvalue weighted by molar-refractivity contribution is 7.89. The van der Waals surface area contributed by atoms with Crippen LogP contribution in [0.15, 0.2) is 47.4 Å². The lowest BCUT2D eigenvalue weighted by Crippen LogP contribution is -2.37. The fourth-order valence-corrected chi connectivity index (χ4v) is 4.20. The number of halogens is 1. The zero-order chi connectivity index (χ0) is 20.0. The Bertz CT molecular complexity index is 916. The number of likely N-dealkylation sites (N-methyl/N-ethyl adjacent to an activating group) is 1. The Balaban J connectivity index is 2.18. The molecule has 27 heavy (non-hydrogen) atoms. The van der Waals surface area contributed by atoms with Gasteiger partial charge in [0.25, 0.3) is 0 Å². The third-order valence-electron chi connectivity index (χ3n) is 3.90. The Morgan fingerprint density at radius 2 is 1.89 bits per heavy atom. The number of carbonyl (C=O) groups is 1. The summed E-state index contributed by atoms with van der Waals surface area (Å²) in [5, 5.41) is 3.03. The van der Waals surface area contributed by atoms with E-state index < -0.39 is 15.9 Å². The number of carbonyl (C=O) groups excluding carboxylic acids is 1. The van der Waals surface area contributed by atoms with Crippen LogP contribution in [0.25, 0.3) is 0 Å². The Morgan fingerprint density at radius 1 is 1.19 bits per heavy atom. The number of ether oxygens (including phenoxy) is 1. The summed E-state index contributed by atoms with van der Waals surface area (Å²) in [5.74, 6) is 0.173. The molecule has 0 spiro atoms. The molecule has 2 aromatic carbocycles. The van der Waals surface area contributed by atoms with E-state index in [0.717, 1.165) is 9.87 Å². The van der Waals surface area contributed by atoms with Crippen LogP contribution < -0.4 is 10.1 Å². The van der Waals surface area contributed by atoms with Crippen molar-refractivity contribution in [2.24, 2.45) is 0 Å². The predicted octanol–water partition coefficient (Wildman–Crippen LogP) is 3.70. The van der Waals surface area contributed by atoms with E-state index >= 15 is 0 Å². The molecule has 0 aliphatic rings. The molecule has 0 aliphatic heterocycles. The number of rotatable bonds is 8. The number of amides is 1. The SMILES string of the molecule is CCOc1ccc(S(=O)(=O)N(CC)CC(=O)Nc2ccccc2Cl)cc1C. The van der Waals surface area contributed by atoms with Gasteiger partial charge in [-0.15, -0.1) is 0 Å². The molecule has 6 nitrogen and oxygen atoms in total. The van der Waals surface area contributed by atoms with Gasteiger partial charge in [-0.25, -0.2) is 8.42 Å². The molecule has 0 aliphatic carbocycles. The van der Waals surface area contributed by atoms with Gasteiger partial charge in [-0.05, 0) is 49.7 Å². The molecule has 0 radical (unpaired) electrons. The fourth-order valence-electron chi connectivity index (χ4n) is 2.53. The van der Waals surface area contributed by atoms with Crippen LogP contribution in [0, 0.1) is 6.92 Å². The van der Waals surface area contributed by atoms with Crippen molar-refractivity contribution in [1.82, 2.24) is 4.31 Å². The van der Waals surface area contributed by atoms with Crippen LogP contribution in [0.2, 0.25) is 5.02 Å². The van der Waals surface area contributed by atoms with Gasteiger partial charge in [-0.3, -0.25) is 4.79 Å². The van der Waals surface area contributed by atoms with Crippen molar-refractivity contribution >= 4 is 33.2 Å². The molecule has 0 heterocycles. The Morgan fingerprint density at radius 3 is 2.48 bits per heavy atom. The Labute approximate surface area is 165 Å². The summed E-state index contributed by atoms with van der Waals surface area (Å²) in [6.45, 7) is 5.67. The van der Waals surface area contributed by atoms with Crippen LogP contribution in [-0.2, 0) is 14.8 Å². The van der Waals surface area contributed by atoms with E-state index in [1.54, 1.807) is 50.2 Å². The molecule has 0 bridgehead atoms. The quantitative estimate of drug-likeness (QED) is 0.720. The van der Waals surface area contributed by atoms with Crippen molar-refractivity contribution in [2.75, 3.05) is 25.0 Å².